The molecule has 0 unspecified atom stereocenters. The lowest BCUT2D eigenvalue weighted by Gasteiger charge is -2.31. The topological polar surface area (TPSA) is 88.4 Å². The zero-order valence-corrected chi connectivity index (χ0v) is 22.0. The zero-order chi connectivity index (χ0) is 26.0. The molecule has 2 atom stereocenters. The van der Waals surface area contributed by atoms with Crippen LogP contribution in [0.15, 0.2) is 82.3 Å². The zero-order valence-electron chi connectivity index (χ0n) is 20.4. The summed E-state index contributed by atoms with van der Waals surface area (Å²) in [6.07, 6.45) is 0.124. The van der Waals surface area contributed by atoms with E-state index in [9.17, 15) is 9.59 Å². The van der Waals surface area contributed by atoms with Crippen LogP contribution in [0.2, 0.25) is 0 Å². The predicted octanol–water partition coefficient (Wildman–Crippen LogP) is 4.60. The van der Waals surface area contributed by atoms with E-state index in [4.69, 9.17) is 19.6 Å². The Bertz CT molecular complexity index is 1340. The van der Waals surface area contributed by atoms with Gasteiger partial charge in [-0.3, -0.25) is 14.5 Å². The number of carbonyl (C=O) groups is 2. The number of fused-ring (bicyclic) bond motifs is 3. The number of aliphatic imine (C=N–C) groups is 1. The van der Waals surface area contributed by atoms with Crippen LogP contribution in [0.25, 0.3) is 0 Å². The maximum atomic E-state index is 14.2. The van der Waals surface area contributed by atoms with Crippen LogP contribution in [0.5, 0.6) is 5.75 Å². The van der Waals surface area contributed by atoms with Crippen molar-refractivity contribution in [1.82, 2.24) is 4.90 Å². The van der Waals surface area contributed by atoms with Gasteiger partial charge in [0.05, 0.1) is 13.2 Å². The van der Waals surface area contributed by atoms with Crippen molar-refractivity contribution >= 4 is 33.6 Å². The van der Waals surface area contributed by atoms with Crippen molar-refractivity contribution in [1.29, 1.82) is 0 Å². The molecule has 2 amide bonds. The van der Waals surface area contributed by atoms with Crippen molar-refractivity contribution in [2.45, 2.75) is 38.0 Å². The quantitative estimate of drug-likeness (QED) is 0.425. The van der Waals surface area contributed by atoms with Crippen LogP contribution in [0, 0.1) is 0 Å². The molecule has 2 aliphatic rings. The molecule has 0 spiro atoms. The van der Waals surface area contributed by atoms with Crippen LogP contribution >= 0.6 is 15.9 Å². The molecule has 0 fully saturated rings. The van der Waals surface area contributed by atoms with Crippen molar-refractivity contribution in [3.63, 3.8) is 0 Å². The second-order valence-corrected chi connectivity index (χ2v) is 10.1. The summed E-state index contributed by atoms with van der Waals surface area (Å²) in [6.45, 7) is 2.07. The number of ether oxygens (including phenoxy) is 2. The molecule has 0 saturated heterocycles. The molecule has 2 heterocycles. The SMILES string of the molecule is CC(=O)N1Cc2ccccc2[C@@H]2OC(c3ccc(OCCCO)cc3)=N[C@]2(Cc2ccc(Br)cc2)C1=O. The Morgan fingerprint density at radius 2 is 1.86 bits per heavy atom. The number of aliphatic hydroxyl groups is 1. The molecule has 3 aromatic rings. The summed E-state index contributed by atoms with van der Waals surface area (Å²) >= 11 is 3.47. The first kappa shape index (κ1) is 25.2. The van der Waals surface area contributed by atoms with Gasteiger partial charge in [-0.1, -0.05) is 52.3 Å². The first-order valence-corrected chi connectivity index (χ1v) is 13.0. The maximum absolute atomic E-state index is 14.2. The van der Waals surface area contributed by atoms with Gasteiger partial charge in [0.25, 0.3) is 5.91 Å². The number of rotatable bonds is 7. The summed E-state index contributed by atoms with van der Waals surface area (Å²) in [5.74, 6) is 0.308. The molecule has 190 valence electrons. The number of nitrogens with zero attached hydrogens (tertiary/aromatic N) is 2. The highest BCUT2D eigenvalue weighted by Gasteiger charge is 2.57. The third-order valence-electron chi connectivity index (χ3n) is 6.69. The molecule has 0 radical (unpaired) electrons. The summed E-state index contributed by atoms with van der Waals surface area (Å²) in [7, 11) is 0. The summed E-state index contributed by atoms with van der Waals surface area (Å²) in [6, 6.07) is 22.7. The third kappa shape index (κ3) is 4.91. The number of imide groups is 1. The van der Waals surface area contributed by atoms with E-state index in [1.54, 1.807) is 0 Å². The Hall–Kier alpha value is -3.49. The van der Waals surface area contributed by atoms with Crippen LogP contribution in [-0.4, -0.2) is 46.5 Å². The molecule has 2 aliphatic heterocycles. The minimum atomic E-state index is -1.35. The number of hydrogen-bond donors (Lipinski definition) is 1. The fourth-order valence-electron chi connectivity index (χ4n) is 4.82. The monoisotopic (exact) mass is 562 g/mol. The van der Waals surface area contributed by atoms with Crippen molar-refractivity contribution in [3.05, 3.63) is 99.5 Å². The number of hydrogen-bond acceptors (Lipinski definition) is 6. The van der Waals surface area contributed by atoms with Crippen molar-refractivity contribution in [3.8, 4) is 5.75 Å². The van der Waals surface area contributed by atoms with E-state index in [1.807, 2.05) is 72.8 Å². The van der Waals surface area contributed by atoms with Crippen LogP contribution < -0.4 is 4.74 Å². The van der Waals surface area contributed by atoms with Crippen molar-refractivity contribution in [2.24, 2.45) is 4.99 Å². The molecule has 7 nitrogen and oxygen atoms in total. The lowest BCUT2D eigenvalue weighted by Crippen LogP contribution is -2.51. The van der Waals surface area contributed by atoms with Crippen LogP contribution in [0.1, 0.15) is 41.7 Å². The van der Waals surface area contributed by atoms with Gasteiger partial charge >= 0.3 is 0 Å². The average Bonchev–Trinajstić information content (AvgIpc) is 3.25. The Labute approximate surface area is 223 Å². The van der Waals surface area contributed by atoms with E-state index in [-0.39, 0.29) is 31.4 Å². The number of benzene rings is 3. The average molecular weight is 563 g/mol. The maximum Gasteiger partial charge on any atom is 0.262 e. The lowest BCUT2D eigenvalue weighted by atomic mass is 9.81. The van der Waals surface area contributed by atoms with E-state index >= 15 is 0 Å². The van der Waals surface area contributed by atoms with E-state index < -0.39 is 11.6 Å². The summed E-state index contributed by atoms with van der Waals surface area (Å²) in [5, 5.41) is 8.97. The van der Waals surface area contributed by atoms with Gasteiger partial charge in [-0.2, -0.15) is 0 Å². The molecule has 1 N–H and O–H groups in total. The Morgan fingerprint density at radius 3 is 2.57 bits per heavy atom. The van der Waals surface area contributed by atoms with E-state index in [0.29, 0.717) is 30.2 Å². The normalized spacial score (nSPS) is 20.4. The van der Waals surface area contributed by atoms with Gasteiger partial charge in [0.15, 0.2) is 11.6 Å². The first-order valence-electron chi connectivity index (χ1n) is 12.2. The van der Waals surface area contributed by atoms with E-state index in [0.717, 1.165) is 21.2 Å². The molecule has 0 aliphatic carbocycles. The minimum absolute atomic E-state index is 0.0668. The fraction of sp³-hybridized carbons (Fsp3) is 0.276. The third-order valence-corrected chi connectivity index (χ3v) is 7.21. The Balaban J connectivity index is 1.60. The van der Waals surface area contributed by atoms with Gasteiger partial charge < -0.3 is 14.6 Å². The van der Waals surface area contributed by atoms with Crippen LogP contribution in [0.4, 0.5) is 0 Å². The van der Waals surface area contributed by atoms with Crippen LogP contribution in [0.3, 0.4) is 0 Å². The molecule has 8 heteroatoms. The van der Waals surface area contributed by atoms with Gasteiger partial charge in [0.2, 0.25) is 11.8 Å². The van der Waals surface area contributed by atoms with Gasteiger partial charge in [-0.05, 0) is 47.5 Å². The number of aliphatic hydroxyl groups excluding tert-OH is 1. The van der Waals surface area contributed by atoms with E-state index in [1.165, 1.54) is 11.8 Å². The number of halogens is 1. The van der Waals surface area contributed by atoms with Gasteiger partial charge in [0, 0.05) is 42.0 Å². The molecule has 0 aromatic heterocycles. The largest absolute Gasteiger partial charge is 0.494 e. The van der Waals surface area contributed by atoms with Gasteiger partial charge in [-0.15, -0.1) is 0 Å². The molecule has 3 aromatic carbocycles. The Kier molecular flexibility index (Phi) is 7.13. The highest BCUT2D eigenvalue weighted by molar-refractivity contribution is 9.10. The lowest BCUT2D eigenvalue weighted by molar-refractivity contribution is -0.149. The highest BCUT2D eigenvalue weighted by Crippen LogP contribution is 2.46. The molecular weight excluding hydrogens is 536 g/mol. The number of carbonyl (C=O) groups excluding carboxylic acids is 2. The standard InChI is InChI=1S/C29H27BrN2O5/c1-19(34)32-18-22-5-2-3-6-25(22)26-29(28(32)35,17-20-7-11-23(30)12-8-20)31-27(37-26)21-9-13-24(14-10-21)36-16-4-15-33/h2-3,5-14,26,33H,4,15-18H2,1H3/t26-,29-/m0/s1. The number of amides is 2. The molecule has 5 rings (SSSR count). The molecular formula is C29H27BrN2O5. The molecule has 37 heavy (non-hydrogen) atoms. The highest BCUT2D eigenvalue weighted by atomic mass is 79.9. The summed E-state index contributed by atoms with van der Waals surface area (Å²) < 4.78 is 13.1. The van der Waals surface area contributed by atoms with Gasteiger partial charge in [-0.25, -0.2) is 4.99 Å². The second-order valence-electron chi connectivity index (χ2n) is 9.20. The van der Waals surface area contributed by atoms with Crippen molar-refractivity contribution < 1.29 is 24.2 Å². The van der Waals surface area contributed by atoms with Gasteiger partial charge in [0.1, 0.15) is 5.75 Å². The van der Waals surface area contributed by atoms with E-state index in [2.05, 4.69) is 15.9 Å². The van der Waals surface area contributed by atoms with Crippen molar-refractivity contribution in [2.75, 3.05) is 13.2 Å². The fourth-order valence-corrected chi connectivity index (χ4v) is 5.09. The minimum Gasteiger partial charge on any atom is -0.494 e. The summed E-state index contributed by atoms with van der Waals surface area (Å²) in [4.78, 5) is 33.1. The Morgan fingerprint density at radius 1 is 1.14 bits per heavy atom. The molecule has 0 saturated carbocycles. The second kappa shape index (κ2) is 10.5. The smallest absolute Gasteiger partial charge is 0.262 e. The summed E-state index contributed by atoms with van der Waals surface area (Å²) in [5.41, 5.74) is 1.97. The molecule has 0 bridgehead atoms. The first-order chi connectivity index (χ1) is 17.9. The predicted molar refractivity (Wildman–Crippen MR) is 142 cm³/mol. The van der Waals surface area contributed by atoms with Crippen LogP contribution in [-0.2, 0) is 27.3 Å².